The molecule has 3 amide bonds. The first-order valence-corrected chi connectivity index (χ1v) is 25.7. The Morgan fingerprint density at radius 3 is 2.60 bits per heavy atom. The van der Waals surface area contributed by atoms with Gasteiger partial charge in [0.2, 0.25) is 11.8 Å². The second kappa shape index (κ2) is 19.6. The van der Waals surface area contributed by atoms with Gasteiger partial charge in [-0.3, -0.25) is 33.9 Å². The number of aromatic hydroxyl groups is 1. The average Bonchev–Trinajstić information content (AvgIpc) is 4.05. The van der Waals surface area contributed by atoms with E-state index in [1.54, 1.807) is 24.9 Å². The smallest absolute Gasteiger partial charge is 0.409 e. The molecule has 5 aliphatic rings. The molecule has 0 radical (unpaired) electrons. The molecule has 388 valence electrons. The first kappa shape index (κ1) is 49.6. The number of amides is 3. The molecule has 19 heteroatoms. The van der Waals surface area contributed by atoms with E-state index in [-0.39, 0.29) is 107 Å². The third-order valence-corrected chi connectivity index (χ3v) is 16.1. The lowest BCUT2D eigenvalue weighted by Crippen LogP contribution is -2.48. The van der Waals surface area contributed by atoms with Crippen LogP contribution in [0.15, 0.2) is 53.5 Å². The highest BCUT2D eigenvalue weighted by molar-refractivity contribution is 6.03. The Morgan fingerprint density at radius 1 is 1.00 bits per heavy atom. The van der Waals surface area contributed by atoms with Crippen molar-refractivity contribution < 1.29 is 42.9 Å². The van der Waals surface area contributed by atoms with E-state index in [1.807, 2.05) is 17.0 Å². The average molecular weight is 1020 g/mol. The molecule has 0 saturated carbocycles. The van der Waals surface area contributed by atoms with Crippen molar-refractivity contribution in [3.05, 3.63) is 81.9 Å². The number of fused-ring (bicyclic) bond motifs is 4. The van der Waals surface area contributed by atoms with Crippen molar-refractivity contribution in [3.63, 3.8) is 0 Å². The van der Waals surface area contributed by atoms with Gasteiger partial charge in [0.15, 0.2) is 5.82 Å². The monoisotopic (exact) mass is 1020 g/mol. The van der Waals surface area contributed by atoms with Crippen LogP contribution in [0.25, 0.3) is 44.0 Å². The van der Waals surface area contributed by atoms with Crippen LogP contribution in [-0.4, -0.2) is 125 Å². The van der Waals surface area contributed by atoms with Gasteiger partial charge in [-0.1, -0.05) is 29.9 Å². The number of pyridine rings is 1. The number of imide groups is 1. The van der Waals surface area contributed by atoms with E-state index < -0.39 is 34.7 Å². The molecule has 3 aromatic carbocycles. The fraction of sp³-hybridized carbons (Fsp3) is 0.446. The van der Waals surface area contributed by atoms with Crippen molar-refractivity contribution in [1.29, 1.82) is 0 Å². The molecule has 0 aliphatic carbocycles. The van der Waals surface area contributed by atoms with E-state index in [9.17, 15) is 29.4 Å². The number of para-hydroxylation sites is 1. The molecule has 17 nitrogen and oxygen atoms in total. The van der Waals surface area contributed by atoms with E-state index in [4.69, 9.17) is 20.9 Å². The number of terminal acetylenes is 1. The summed E-state index contributed by atoms with van der Waals surface area (Å²) in [5.41, 5.74) is -0.197. The van der Waals surface area contributed by atoms with Gasteiger partial charge in [-0.15, -0.1) is 6.42 Å². The van der Waals surface area contributed by atoms with E-state index in [0.717, 1.165) is 45.1 Å². The summed E-state index contributed by atoms with van der Waals surface area (Å²) >= 11 is 0. The summed E-state index contributed by atoms with van der Waals surface area (Å²) in [6, 6.07) is 9.95. The number of aliphatic hydroxyl groups is 1. The Hall–Kier alpha value is -7.61. The minimum Gasteiger partial charge on any atom is -0.508 e. The van der Waals surface area contributed by atoms with Gasteiger partial charge in [0.25, 0.3) is 0 Å². The molecular weight excluding hydrogens is 965 g/mol. The number of nitrogens with one attached hydrogen (secondary N) is 1. The number of imidazole rings is 1. The number of likely N-dealkylation sites (tertiary alicyclic amines) is 1. The number of hydrogen-bond donors (Lipinski definition) is 3. The quantitative estimate of drug-likeness (QED) is 0.106. The van der Waals surface area contributed by atoms with E-state index >= 15 is 8.78 Å². The number of nitrogens with zero attached hydrogens (tertiary/aromatic N) is 8. The number of piperidine rings is 3. The van der Waals surface area contributed by atoms with Crippen LogP contribution in [-0.2, 0) is 21.4 Å². The maximum Gasteiger partial charge on any atom is 0.409 e. The number of anilines is 1. The number of halogens is 2. The van der Waals surface area contributed by atoms with Crippen LogP contribution in [0.5, 0.6) is 11.8 Å². The van der Waals surface area contributed by atoms with Crippen LogP contribution in [0.2, 0.25) is 0 Å². The SMILES string of the molecule is C#Cc1c(F)ccc2cc(O)cc(-c3ncc4c(N5CCC[C@@](C)(O)C5)nc(OC[C@@]56CCCN5[C@H](COC(=O)N5CCC(CC#Cc7cccc8c7n(C)c(=O)n8C7CCC(=O)NC7=O)CC5)CC6)nc4c3F)c12. The van der Waals surface area contributed by atoms with E-state index in [2.05, 4.69) is 37.9 Å². The predicted molar refractivity (Wildman–Crippen MR) is 275 cm³/mol. The number of hydrogen-bond acceptors (Lipinski definition) is 13. The molecule has 6 aromatic rings. The molecule has 5 fully saturated rings. The summed E-state index contributed by atoms with van der Waals surface area (Å²) in [6.45, 7) is 4.77. The summed E-state index contributed by atoms with van der Waals surface area (Å²) in [6.07, 6.45) is 13.9. The Labute approximate surface area is 430 Å². The van der Waals surface area contributed by atoms with Gasteiger partial charge in [-0.05, 0) is 113 Å². The lowest BCUT2D eigenvalue weighted by atomic mass is 9.94. The topological polar surface area (TPSA) is 197 Å². The Balaban J connectivity index is 0.750. The zero-order chi connectivity index (χ0) is 52.3. The van der Waals surface area contributed by atoms with Crippen molar-refractivity contribution in [3.8, 4) is 47.2 Å². The van der Waals surface area contributed by atoms with Crippen LogP contribution in [0.3, 0.4) is 0 Å². The van der Waals surface area contributed by atoms with Gasteiger partial charge >= 0.3 is 17.8 Å². The number of carbonyl (C=O) groups is 3. The standard InChI is InChI=1S/C56H57F2N9O8/c1-4-38-41(57)14-13-35-27-37(68)28-39(45(35)38)47-46(58)48-40(29-59-47)50(65-23-7-20-55(2,73)31-65)62-52(61-48)75-32-56-21-8-24-66(56)36(17-22-56)30-74-54(72)64-25-18-33(19-26-64)9-5-10-34-11-6-12-42-49(34)63(3)53(71)67(42)43-15-16-44(69)60-51(43)70/h1,6,11-14,27-29,33,36,43,68,73H,7-9,15-26,30-32H2,2-3H3,(H,60,69,70)/t36-,43?,55+,56-/m0/s1. The number of aromatic nitrogens is 5. The number of carbonyl (C=O) groups excluding carboxylic acids is 3. The van der Waals surface area contributed by atoms with Crippen LogP contribution in [0.1, 0.15) is 94.7 Å². The molecule has 75 heavy (non-hydrogen) atoms. The van der Waals surface area contributed by atoms with Gasteiger partial charge in [-0.25, -0.2) is 18.4 Å². The van der Waals surface area contributed by atoms with Crippen molar-refractivity contribution in [1.82, 2.24) is 39.2 Å². The molecule has 8 heterocycles. The van der Waals surface area contributed by atoms with E-state index in [0.29, 0.717) is 66.7 Å². The van der Waals surface area contributed by atoms with Crippen LogP contribution < -0.4 is 20.6 Å². The highest BCUT2D eigenvalue weighted by atomic mass is 19.1. The summed E-state index contributed by atoms with van der Waals surface area (Å²) in [5.74, 6) is 7.01. The summed E-state index contributed by atoms with van der Waals surface area (Å²) in [5, 5.41) is 25.1. The highest BCUT2D eigenvalue weighted by Crippen LogP contribution is 2.44. The molecule has 5 aliphatic heterocycles. The lowest BCUT2D eigenvalue weighted by Gasteiger charge is -2.38. The zero-order valence-electron chi connectivity index (χ0n) is 41.8. The van der Waals surface area contributed by atoms with Crippen LogP contribution in [0.4, 0.5) is 19.4 Å². The largest absolute Gasteiger partial charge is 0.508 e. The Bertz CT molecular complexity index is 3500. The molecule has 0 spiro atoms. The lowest BCUT2D eigenvalue weighted by molar-refractivity contribution is -0.135. The van der Waals surface area contributed by atoms with Gasteiger partial charge in [0.05, 0.1) is 38.7 Å². The maximum absolute atomic E-state index is 17.2. The van der Waals surface area contributed by atoms with Crippen molar-refractivity contribution in [2.45, 2.75) is 101 Å². The summed E-state index contributed by atoms with van der Waals surface area (Å²) < 4.78 is 47.7. The van der Waals surface area contributed by atoms with Crippen molar-refractivity contribution in [2.24, 2.45) is 13.0 Å². The van der Waals surface area contributed by atoms with Gasteiger partial charge < -0.3 is 29.5 Å². The number of β-amino-alcohol motifs (C(OH)–C–C–N with tert-alkyl or cyclic N) is 1. The number of phenolic OH excluding ortho intramolecular Hbond substituents is 1. The third kappa shape index (κ3) is 9.16. The third-order valence-electron chi connectivity index (χ3n) is 16.1. The minimum absolute atomic E-state index is 0.0395. The molecule has 5 saturated heterocycles. The fourth-order valence-electron chi connectivity index (χ4n) is 12.3. The predicted octanol–water partition coefficient (Wildman–Crippen LogP) is 6.46. The fourth-order valence-corrected chi connectivity index (χ4v) is 12.3. The highest BCUT2D eigenvalue weighted by Gasteiger charge is 2.50. The Morgan fingerprint density at radius 2 is 1.81 bits per heavy atom. The zero-order valence-corrected chi connectivity index (χ0v) is 41.8. The van der Waals surface area contributed by atoms with Crippen LogP contribution in [0, 0.1) is 41.7 Å². The summed E-state index contributed by atoms with van der Waals surface area (Å²) in [4.78, 5) is 71.3. The number of phenols is 1. The van der Waals surface area contributed by atoms with Gasteiger partial charge in [-0.2, -0.15) is 9.97 Å². The molecule has 11 rings (SSSR count). The van der Waals surface area contributed by atoms with Gasteiger partial charge in [0, 0.05) is 69.3 Å². The van der Waals surface area contributed by atoms with Gasteiger partial charge in [0.1, 0.15) is 47.9 Å². The summed E-state index contributed by atoms with van der Waals surface area (Å²) in [7, 11) is 1.66. The molecule has 3 N–H and O–H groups in total. The maximum atomic E-state index is 17.2. The van der Waals surface area contributed by atoms with Crippen molar-refractivity contribution >= 4 is 56.4 Å². The number of rotatable bonds is 9. The minimum atomic E-state index is -1.03. The molecular formula is C56H57F2N9O8. The second-order valence-electron chi connectivity index (χ2n) is 21.1. The first-order chi connectivity index (χ1) is 36.1. The first-order valence-electron chi connectivity index (χ1n) is 25.7. The number of benzene rings is 3. The van der Waals surface area contributed by atoms with E-state index in [1.165, 1.54) is 39.6 Å². The van der Waals surface area contributed by atoms with Crippen LogP contribution >= 0.6 is 0 Å². The number of aryl methyl sites for hydroxylation is 1. The van der Waals surface area contributed by atoms with Crippen molar-refractivity contribution in [2.75, 3.05) is 50.8 Å². The second-order valence-corrected chi connectivity index (χ2v) is 21.1. The Kier molecular flexibility index (Phi) is 13.0. The normalized spacial score (nSPS) is 23.3. The molecule has 3 aromatic heterocycles. The molecule has 1 unspecified atom stereocenters. The molecule has 4 atom stereocenters. The number of ether oxygens (including phenoxy) is 2. The molecule has 0 bridgehead atoms.